The highest BCUT2D eigenvalue weighted by Crippen LogP contribution is 2.59. The van der Waals surface area contributed by atoms with Crippen LogP contribution in [0.5, 0.6) is 0 Å². The molecule has 0 saturated heterocycles. The first-order valence-corrected chi connectivity index (χ1v) is 30.6. The van der Waals surface area contributed by atoms with E-state index in [1.54, 1.807) is 0 Å². The van der Waals surface area contributed by atoms with Gasteiger partial charge in [0, 0.05) is 56.5 Å². The third-order valence-electron chi connectivity index (χ3n) is 19.5. The lowest BCUT2D eigenvalue weighted by Gasteiger charge is -2.32. The Hall–Kier alpha value is -11.0. The first-order chi connectivity index (χ1) is 43.2. The van der Waals surface area contributed by atoms with Crippen LogP contribution in [0.1, 0.15) is 49.9 Å². The summed E-state index contributed by atoms with van der Waals surface area (Å²) >= 11 is 0. The van der Waals surface area contributed by atoms with Gasteiger partial charge in [-0.1, -0.05) is 216 Å². The van der Waals surface area contributed by atoms with Gasteiger partial charge in [0.2, 0.25) is 5.95 Å². The summed E-state index contributed by atoms with van der Waals surface area (Å²) in [4.78, 5) is 18.4. The highest BCUT2D eigenvalue weighted by atomic mass is 15.2. The van der Waals surface area contributed by atoms with E-state index in [0.717, 1.165) is 61.4 Å². The van der Waals surface area contributed by atoms with Crippen LogP contribution in [0.2, 0.25) is 0 Å². The molecule has 0 spiro atoms. The Bertz CT molecular complexity index is 5580. The minimum Gasteiger partial charge on any atom is -0.310 e. The minimum absolute atomic E-state index is 0.243. The maximum atomic E-state index is 5.65. The Morgan fingerprint density at radius 3 is 1.74 bits per heavy atom. The molecule has 3 heterocycles. The molecule has 0 unspecified atom stereocenters. The quantitative estimate of drug-likeness (QED) is 0.149. The van der Waals surface area contributed by atoms with Crippen molar-refractivity contribution in [2.75, 3.05) is 4.90 Å². The molecule has 0 amide bonds. The summed E-state index contributed by atoms with van der Waals surface area (Å²) in [5, 5.41) is 14.7. The molecule has 16 aromatic rings. The summed E-state index contributed by atoms with van der Waals surface area (Å²) in [5.41, 5.74) is 21.0. The van der Waals surface area contributed by atoms with Crippen molar-refractivity contribution in [1.82, 2.24) is 19.5 Å². The molecule has 18 rings (SSSR count). The molecule has 0 fully saturated rings. The Morgan fingerprint density at radius 2 is 0.966 bits per heavy atom. The molecule has 0 saturated carbocycles. The first-order valence-electron chi connectivity index (χ1n) is 30.6. The number of anilines is 3. The zero-order chi connectivity index (χ0) is 58.6. The molecule has 5 heteroatoms. The van der Waals surface area contributed by atoms with Crippen molar-refractivity contribution < 1.29 is 0 Å². The predicted octanol–water partition coefficient (Wildman–Crippen LogP) is 21.8. The van der Waals surface area contributed by atoms with Crippen molar-refractivity contribution in [3.63, 3.8) is 0 Å². The van der Waals surface area contributed by atoms with E-state index >= 15 is 0 Å². The topological polar surface area (TPSA) is 46.8 Å². The molecule has 3 aromatic heterocycles. The van der Waals surface area contributed by atoms with Crippen molar-refractivity contribution in [2.24, 2.45) is 0 Å². The summed E-state index contributed by atoms with van der Waals surface area (Å²) in [6.07, 6.45) is 3.73. The average molecular weight is 1120 g/mol. The van der Waals surface area contributed by atoms with Gasteiger partial charge in [-0.2, -0.15) is 0 Å². The largest absolute Gasteiger partial charge is 0.310 e. The molecule has 0 bridgehead atoms. The number of pyridine rings is 1. The highest BCUT2D eigenvalue weighted by Gasteiger charge is 2.42. The van der Waals surface area contributed by atoms with E-state index in [9.17, 15) is 0 Å². The Morgan fingerprint density at radius 1 is 0.364 bits per heavy atom. The van der Waals surface area contributed by atoms with E-state index in [1.165, 1.54) is 109 Å². The van der Waals surface area contributed by atoms with Gasteiger partial charge in [0.15, 0.2) is 0 Å². The van der Waals surface area contributed by atoms with Gasteiger partial charge in [-0.25, -0.2) is 9.97 Å². The second-order valence-corrected chi connectivity index (χ2v) is 25.1. The lowest BCUT2D eigenvalue weighted by atomic mass is 9.79. The van der Waals surface area contributed by atoms with Gasteiger partial charge in [0.25, 0.3) is 0 Å². The maximum absolute atomic E-state index is 5.65. The molecule has 88 heavy (non-hydrogen) atoms. The predicted molar refractivity (Wildman–Crippen MR) is 368 cm³/mol. The lowest BCUT2D eigenvalue weighted by molar-refractivity contribution is 0.661. The van der Waals surface area contributed by atoms with Crippen molar-refractivity contribution in [1.29, 1.82) is 0 Å². The zero-order valence-corrected chi connectivity index (χ0v) is 49.2. The fraction of sp³-hybridized carbons (Fsp3) is 0.0723. The van der Waals surface area contributed by atoms with Gasteiger partial charge in [0.1, 0.15) is 0 Å². The van der Waals surface area contributed by atoms with Gasteiger partial charge < -0.3 is 4.90 Å². The van der Waals surface area contributed by atoms with Crippen LogP contribution in [0.4, 0.5) is 17.1 Å². The first kappa shape index (κ1) is 50.3. The van der Waals surface area contributed by atoms with Gasteiger partial charge in [-0.3, -0.25) is 9.55 Å². The molecule has 5 nitrogen and oxygen atoms in total. The highest BCUT2D eigenvalue weighted by molar-refractivity contribution is 6.30. The van der Waals surface area contributed by atoms with Crippen LogP contribution in [0, 0.1) is 0 Å². The third kappa shape index (κ3) is 7.25. The molecule has 2 aliphatic rings. The monoisotopic (exact) mass is 1120 g/mol. The average Bonchev–Trinajstić information content (AvgIpc) is 1.60. The Kier molecular flexibility index (Phi) is 10.7. The van der Waals surface area contributed by atoms with E-state index in [1.807, 2.05) is 18.5 Å². The maximum Gasteiger partial charge on any atom is 0.235 e. The molecule has 0 radical (unpaired) electrons. The van der Waals surface area contributed by atoms with Crippen molar-refractivity contribution in [3.05, 3.63) is 296 Å². The molecular formula is C83H57N5. The molecule has 0 atom stereocenters. The minimum atomic E-state index is -0.472. The van der Waals surface area contributed by atoms with Crippen molar-refractivity contribution >= 4 is 92.7 Å². The molecular weight excluding hydrogens is 1070 g/mol. The molecule has 2 aliphatic carbocycles. The van der Waals surface area contributed by atoms with Crippen LogP contribution in [-0.2, 0) is 10.8 Å². The summed E-state index contributed by atoms with van der Waals surface area (Å²) in [7, 11) is 0. The second kappa shape index (κ2) is 18.7. The van der Waals surface area contributed by atoms with Crippen LogP contribution in [0.3, 0.4) is 0 Å². The number of hydrogen-bond donors (Lipinski definition) is 0. The van der Waals surface area contributed by atoms with Gasteiger partial charge in [-0.15, -0.1) is 0 Å². The summed E-state index contributed by atoms with van der Waals surface area (Å²) < 4.78 is 2.40. The van der Waals surface area contributed by atoms with Crippen LogP contribution in [-0.4, -0.2) is 19.5 Å². The molecule has 0 N–H and O–H groups in total. The van der Waals surface area contributed by atoms with Crippen LogP contribution in [0.25, 0.3) is 138 Å². The molecule has 0 aliphatic heterocycles. The normalized spacial score (nSPS) is 13.6. The van der Waals surface area contributed by atoms with Crippen molar-refractivity contribution in [3.8, 4) is 61.8 Å². The van der Waals surface area contributed by atoms with Crippen LogP contribution < -0.4 is 4.90 Å². The van der Waals surface area contributed by atoms with Crippen molar-refractivity contribution in [2.45, 2.75) is 38.5 Å². The number of nitrogens with zero attached hydrogens (tertiary/aromatic N) is 5. The number of hydrogen-bond acceptors (Lipinski definition) is 4. The van der Waals surface area contributed by atoms with Gasteiger partial charge >= 0.3 is 0 Å². The van der Waals surface area contributed by atoms with E-state index in [4.69, 9.17) is 9.97 Å². The van der Waals surface area contributed by atoms with Gasteiger partial charge in [0.05, 0.1) is 28.1 Å². The SMILES string of the molecule is CC1(C)c2ccccc2-c2cccc(N(c3cccc(-c4ccc5c(c4)c4c6ccccc6c6c(c4n5-c4nc(-c5ccccc5)cc(-c5cccnc5)n4)C(C)(C)c4cc5c7ccccc7c7ccccc7c5cc4-6)c3)c3ccc4ccccc4c3)c21. The molecule has 13 aromatic carbocycles. The standard InChI is InChI=1S/C83H57N5/c1-82(2)70-36-17-16-32-62(70)65-35-19-37-75(78(65)82)87(57-40-38-50-21-8-9-24-52(50)43-57)56-27-18-25-53(44-56)54-39-41-74-69(45-54)77-64-34-15-14-33-63(64)76-68-46-66-60-30-12-10-28-58(60)59-29-11-13-31-61(59)67(66)47-71(68)83(3,4)79(76)80(77)88(74)81-85-72(51-22-6-5-7-23-51)48-73(86-81)55-26-20-42-84-49-55/h5-49H,1-4H3. The number of benzene rings is 13. The summed E-state index contributed by atoms with van der Waals surface area (Å²) in [6, 6.07) is 96.4. The number of fused-ring (bicyclic) bond motifs is 20. The van der Waals surface area contributed by atoms with Crippen LogP contribution >= 0.6 is 0 Å². The van der Waals surface area contributed by atoms with E-state index in [2.05, 4.69) is 297 Å². The lowest BCUT2D eigenvalue weighted by Crippen LogP contribution is -2.20. The number of rotatable bonds is 7. The van der Waals surface area contributed by atoms with E-state index < -0.39 is 5.41 Å². The Balaban J connectivity index is 0.917. The smallest absolute Gasteiger partial charge is 0.235 e. The second-order valence-electron chi connectivity index (χ2n) is 25.1. The van der Waals surface area contributed by atoms with Gasteiger partial charge in [-0.05, 0) is 182 Å². The zero-order valence-electron chi connectivity index (χ0n) is 49.2. The fourth-order valence-electron chi connectivity index (χ4n) is 15.6. The fourth-order valence-corrected chi connectivity index (χ4v) is 15.6. The number of aromatic nitrogens is 4. The molecule has 414 valence electrons. The Labute approximate surface area is 510 Å². The van der Waals surface area contributed by atoms with E-state index in [0.29, 0.717) is 5.95 Å². The summed E-state index contributed by atoms with van der Waals surface area (Å²) in [5.74, 6) is 0.604. The summed E-state index contributed by atoms with van der Waals surface area (Å²) in [6.45, 7) is 9.64. The third-order valence-corrected chi connectivity index (χ3v) is 19.5. The van der Waals surface area contributed by atoms with Crippen LogP contribution in [0.15, 0.2) is 273 Å². The van der Waals surface area contributed by atoms with E-state index in [-0.39, 0.29) is 5.41 Å².